The highest BCUT2D eigenvalue weighted by Crippen LogP contribution is 2.25. The molecule has 1 aliphatic heterocycles. The molecule has 16 heavy (non-hydrogen) atoms. The second-order valence-corrected chi connectivity index (χ2v) is 4.33. The largest absolute Gasteiger partial charge is 0.382 e. The highest BCUT2D eigenvalue weighted by Gasteiger charge is 2.26. The third kappa shape index (κ3) is 2.44. The van der Waals surface area contributed by atoms with Crippen molar-refractivity contribution in [3.8, 4) is 0 Å². The summed E-state index contributed by atoms with van der Waals surface area (Å²) in [4.78, 5) is 4.24. The molecule has 0 aromatic carbocycles. The van der Waals surface area contributed by atoms with Gasteiger partial charge >= 0.3 is 0 Å². The van der Waals surface area contributed by atoms with E-state index in [0.29, 0.717) is 0 Å². The van der Waals surface area contributed by atoms with Crippen LogP contribution < -0.4 is 0 Å². The molecule has 90 valence electrons. The van der Waals surface area contributed by atoms with Gasteiger partial charge in [-0.2, -0.15) is 0 Å². The molecule has 1 aliphatic rings. The van der Waals surface area contributed by atoms with Crippen LogP contribution in [-0.2, 0) is 11.3 Å². The Balaban J connectivity index is 2.06. The van der Waals surface area contributed by atoms with Gasteiger partial charge in [0, 0.05) is 25.5 Å². The molecule has 2 unspecified atom stereocenters. The second-order valence-electron chi connectivity index (χ2n) is 4.33. The van der Waals surface area contributed by atoms with Gasteiger partial charge in [0.15, 0.2) is 0 Å². The maximum atomic E-state index is 10.2. The molecule has 0 spiro atoms. The molecule has 4 heteroatoms. The first-order chi connectivity index (χ1) is 7.83. The number of aliphatic hydroxyl groups excluding tert-OH is 1. The number of rotatable bonds is 4. The number of aliphatic hydroxyl groups is 1. The first-order valence-corrected chi connectivity index (χ1v) is 6.13. The number of nitrogens with zero attached hydrogens (tertiary/aromatic N) is 2. The summed E-state index contributed by atoms with van der Waals surface area (Å²) in [5.41, 5.74) is 0. The number of imidazole rings is 1. The minimum atomic E-state index is -0.582. The zero-order valence-corrected chi connectivity index (χ0v) is 9.80. The van der Waals surface area contributed by atoms with E-state index in [2.05, 4.69) is 11.9 Å². The van der Waals surface area contributed by atoms with Crippen molar-refractivity contribution in [1.29, 1.82) is 0 Å². The Labute approximate surface area is 96.3 Å². The zero-order valence-electron chi connectivity index (χ0n) is 9.80. The molecule has 0 saturated carbocycles. The fourth-order valence-corrected chi connectivity index (χ4v) is 2.20. The van der Waals surface area contributed by atoms with Crippen LogP contribution in [0.15, 0.2) is 12.4 Å². The van der Waals surface area contributed by atoms with Gasteiger partial charge in [0.25, 0.3) is 0 Å². The van der Waals surface area contributed by atoms with Gasteiger partial charge < -0.3 is 14.4 Å². The molecule has 0 radical (unpaired) electrons. The van der Waals surface area contributed by atoms with E-state index < -0.39 is 6.10 Å². The fraction of sp³-hybridized carbons (Fsp3) is 0.750. The van der Waals surface area contributed by atoms with Gasteiger partial charge in [0.1, 0.15) is 11.9 Å². The van der Waals surface area contributed by atoms with Crippen LogP contribution in [0.2, 0.25) is 0 Å². The van der Waals surface area contributed by atoms with E-state index in [9.17, 15) is 5.11 Å². The van der Waals surface area contributed by atoms with Gasteiger partial charge in [-0.25, -0.2) is 4.98 Å². The van der Waals surface area contributed by atoms with Crippen LogP contribution >= 0.6 is 0 Å². The van der Waals surface area contributed by atoms with Crippen molar-refractivity contribution < 1.29 is 9.84 Å². The number of aromatic nitrogens is 2. The molecule has 0 bridgehead atoms. The number of hydrogen-bond donors (Lipinski definition) is 1. The van der Waals surface area contributed by atoms with Crippen LogP contribution in [-0.4, -0.2) is 27.4 Å². The first kappa shape index (κ1) is 11.6. The second kappa shape index (κ2) is 5.46. The topological polar surface area (TPSA) is 47.3 Å². The summed E-state index contributed by atoms with van der Waals surface area (Å²) >= 11 is 0. The van der Waals surface area contributed by atoms with Gasteiger partial charge in [-0.1, -0.05) is 6.92 Å². The molecular formula is C12H20N2O2. The lowest BCUT2D eigenvalue weighted by Gasteiger charge is -2.27. The lowest BCUT2D eigenvalue weighted by atomic mass is 10.0. The van der Waals surface area contributed by atoms with Crippen molar-refractivity contribution >= 4 is 0 Å². The van der Waals surface area contributed by atoms with Crippen LogP contribution in [0.3, 0.4) is 0 Å². The smallest absolute Gasteiger partial charge is 0.140 e. The normalized spacial score (nSPS) is 23.2. The highest BCUT2D eigenvalue weighted by molar-refractivity contribution is 4.99. The van der Waals surface area contributed by atoms with Crippen molar-refractivity contribution in [3.63, 3.8) is 0 Å². The summed E-state index contributed by atoms with van der Waals surface area (Å²) < 4.78 is 7.61. The summed E-state index contributed by atoms with van der Waals surface area (Å²) in [6, 6.07) is 0. The molecule has 1 N–H and O–H groups in total. The Morgan fingerprint density at radius 1 is 1.62 bits per heavy atom. The number of ether oxygens (including phenoxy) is 1. The maximum Gasteiger partial charge on any atom is 0.140 e. The lowest BCUT2D eigenvalue weighted by molar-refractivity contribution is -0.0675. The Bertz CT molecular complexity index is 319. The predicted octanol–water partition coefficient (Wildman–Crippen LogP) is 1.90. The molecule has 1 fully saturated rings. The van der Waals surface area contributed by atoms with Crippen molar-refractivity contribution in [2.24, 2.45) is 0 Å². The molecular weight excluding hydrogens is 204 g/mol. The van der Waals surface area contributed by atoms with Gasteiger partial charge in [-0.3, -0.25) is 0 Å². The molecule has 0 aliphatic carbocycles. The number of aryl methyl sites for hydroxylation is 1. The molecule has 1 aromatic heterocycles. The molecule has 2 heterocycles. The molecule has 4 nitrogen and oxygen atoms in total. The molecule has 0 amide bonds. The van der Waals surface area contributed by atoms with Crippen LogP contribution in [0.5, 0.6) is 0 Å². The summed E-state index contributed by atoms with van der Waals surface area (Å²) in [7, 11) is 0. The van der Waals surface area contributed by atoms with Crippen molar-refractivity contribution in [2.45, 2.75) is 51.4 Å². The fourth-order valence-electron chi connectivity index (χ4n) is 2.20. The van der Waals surface area contributed by atoms with Gasteiger partial charge in [0.2, 0.25) is 0 Å². The average Bonchev–Trinajstić information content (AvgIpc) is 2.78. The van der Waals surface area contributed by atoms with Crippen molar-refractivity contribution in [1.82, 2.24) is 9.55 Å². The summed E-state index contributed by atoms with van der Waals surface area (Å²) in [5, 5.41) is 10.2. The van der Waals surface area contributed by atoms with Crippen molar-refractivity contribution in [2.75, 3.05) is 6.61 Å². The van der Waals surface area contributed by atoms with E-state index in [1.54, 1.807) is 6.20 Å². The van der Waals surface area contributed by atoms with Gasteiger partial charge in [0.05, 0.1) is 6.10 Å². The van der Waals surface area contributed by atoms with E-state index in [0.717, 1.165) is 44.7 Å². The standard InChI is InChI=1S/C12H20N2O2/c1-2-7-14-8-6-13-12(14)11(15)10-5-3-4-9-16-10/h6,8,10-11,15H,2-5,7,9H2,1H3. The van der Waals surface area contributed by atoms with E-state index in [-0.39, 0.29) is 6.10 Å². The highest BCUT2D eigenvalue weighted by atomic mass is 16.5. The van der Waals surface area contributed by atoms with E-state index in [4.69, 9.17) is 4.74 Å². The Morgan fingerprint density at radius 3 is 3.19 bits per heavy atom. The van der Waals surface area contributed by atoms with Gasteiger partial charge in [-0.15, -0.1) is 0 Å². The Kier molecular flexibility index (Phi) is 3.96. The molecule has 1 aromatic rings. The van der Waals surface area contributed by atoms with Crippen LogP contribution in [0.1, 0.15) is 44.5 Å². The lowest BCUT2D eigenvalue weighted by Crippen LogP contribution is -2.28. The van der Waals surface area contributed by atoms with E-state index in [1.165, 1.54) is 0 Å². The molecule has 1 saturated heterocycles. The average molecular weight is 224 g/mol. The SMILES string of the molecule is CCCn1ccnc1C(O)C1CCCCO1. The zero-order chi connectivity index (χ0) is 11.4. The van der Waals surface area contributed by atoms with Crippen LogP contribution in [0.4, 0.5) is 0 Å². The summed E-state index contributed by atoms with van der Waals surface area (Å²) in [6.07, 6.45) is 7.22. The quantitative estimate of drug-likeness (QED) is 0.849. The minimum absolute atomic E-state index is 0.0771. The monoisotopic (exact) mass is 224 g/mol. The van der Waals surface area contributed by atoms with Crippen LogP contribution in [0, 0.1) is 0 Å². The third-order valence-electron chi connectivity index (χ3n) is 3.04. The Morgan fingerprint density at radius 2 is 2.50 bits per heavy atom. The molecule has 2 rings (SSSR count). The van der Waals surface area contributed by atoms with Gasteiger partial charge in [-0.05, 0) is 25.7 Å². The minimum Gasteiger partial charge on any atom is -0.382 e. The van der Waals surface area contributed by atoms with E-state index >= 15 is 0 Å². The molecule has 2 atom stereocenters. The first-order valence-electron chi connectivity index (χ1n) is 6.13. The summed E-state index contributed by atoms with van der Waals surface area (Å²) in [5.74, 6) is 0.744. The predicted molar refractivity (Wildman–Crippen MR) is 61.1 cm³/mol. The van der Waals surface area contributed by atoms with E-state index in [1.807, 2.05) is 10.8 Å². The number of hydrogen-bond acceptors (Lipinski definition) is 3. The Hall–Kier alpha value is -0.870. The van der Waals surface area contributed by atoms with Crippen molar-refractivity contribution in [3.05, 3.63) is 18.2 Å². The summed E-state index contributed by atoms with van der Waals surface area (Å²) in [6.45, 7) is 3.78. The third-order valence-corrected chi connectivity index (χ3v) is 3.04. The maximum absolute atomic E-state index is 10.2. The van der Waals surface area contributed by atoms with Crippen LogP contribution in [0.25, 0.3) is 0 Å².